The van der Waals surface area contributed by atoms with Crippen molar-refractivity contribution in [2.24, 2.45) is 5.92 Å². The number of carbonyl (C=O) groups is 1. The molecule has 13 heavy (non-hydrogen) atoms. The van der Waals surface area contributed by atoms with Crippen LogP contribution < -0.4 is 0 Å². The molecule has 2 atom stereocenters. The van der Waals surface area contributed by atoms with Crippen molar-refractivity contribution >= 4 is 17.6 Å². The van der Waals surface area contributed by atoms with Crippen molar-refractivity contribution in [3.8, 4) is 0 Å². The summed E-state index contributed by atoms with van der Waals surface area (Å²) >= 11 is 5.66. The van der Waals surface area contributed by atoms with Gasteiger partial charge in [-0.2, -0.15) is 5.10 Å². The fourth-order valence-electron chi connectivity index (χ4n) is 0.973. The highest BCUT2D eigenvalue weighted by Crippen LogP contribution is 2.18. The predicted octanol–water partition coefficient (Wildman–Crippen LogP) is 1.82. The summed E-state index contributed by atoms with van der Waals surface area (Å²) in [6.07, 6.45) is 3.11. The Labute approximate surface area is 81.1 Å². The van der Waals surface area contributed by atoms with E-state index in [2.05, 4.69) is 5.10 Å². The van der Waals surface area contributed by atoms with Crippen LogP contribution in [0.5, 0.6) is 0 Å². The van der Waals surface area contributed by atoms with Gasteiger partial charge in [-0.25, -0.2) is 0 Å². The van der Waals surface area contributed by atoms with Gasteiger partial charge in [-0.3, -0.25) is 9.48 Å². The molecule has 1 aromatic rings. The SMILES string of the molecule is CC(C(=O)O)C(C)n1cc(Cl)cn1. The van der Waals surface area contributed by atoms with Crippen molar-refractivity contribution in [1.29, 1.82) is 0 Å². The average Bonchev–Trinajstić information content (AvgIpc) is 2.49. The van der Waals surface area contributed by atoms with Crippen molar-refractivity contribution < 1.29 is 9.90 Å². The van der Waals surface area contributed by atoms with E-state index in [0.29, 0.717) is 5.02 Å². The minimum atomic E-state index is -0.834. The number of aliphatic carboxylic acids is 1. The number of rotatable bonds is 3. The lowest BCUT2D eigenvalue weighted by Gasteiger charge is -2.15. The van der Waals surface area contributed by atoms with Gasteiger partial charge in [0.2, 0.25) is 0 Å². The Bertz CT molecular complexity index is 311. The first-order valence-electron chi connectivity index (χ1n) is 3.95. The van der Waals surface area contributed by atoms with Crippen LogP contribution >= 0.6 is 11.6 Å². The summed E-state index contributed by atoms with van der Waals surface area (Å²) in [5, 5.41) is 13.2. The summed E-state index contributed by atoms with van der Waals surface area (Å²) in [6, 6.07) is -0.190. The molecule has 0 aliphatic carbocycles. The Morgan fingerprint density at radius 2 is 2.31 bits per heavy atom. The smallest absolute Gasteiger partial charge is 0.308 e. The van der Waals surface area contributed by atoms with Crippen LogP contribution in [0.25, 0.3) is 0 Å². The van der Waals surface area contributed by atoms with E-state index < -0.39 is 11.9 Å². The van der Waals surface area contributed by atoms with Gasteiger partial charge in [0.05, 0.1) is 23.2 Å². The summed E-state index contributed by atoms with van der Waals surface area (Å²) in [7, 11) is 0. The lowest BCUT2D eigenvalue weighted by molar-refractivity contribution is -0.142. The lowest BCUT2D eigenvalue weighted by atomic mass is 10.1. The van der Waals surface area contributed by atoms with Gasteiger partial charge < -0.3 is 5.11 Å². The Balaban J connectivity index is 2.78. The van der Waals surface area contributed by atoms with E-state index in [-0.39, 0.29) is 6.04 Å². The van der Waals surface area contributed by atoms with E-state index in [9.17, 15) is 4.79 Å². The van der Waals surface area contributed by atoms with Gasteiger partial charge in [0.1, 0.15) is 0 Å². The lowest BCUT2D eigenvalue weighted by Crippen LogP contribution is -2.21. The zero-order chi connectivity index (χ0) is 10.0. The number of nitrogens with zero attached hydrogens (tertiary/aromatic N) is 2. The maximum Gasteiger partial charge on any atom is 0.308 e. The third-order valence-electron chi connectivity index (χ3n) is 2.10. The fourth-order valence-corrected chi connectivity index (χ4v) is 1.12. The monoisotopic (exact) mass is 202 g/mol. The van der Waals surface area contributed by atoms with E-state index in [1.165, 1.54) is 6.20 Å². The van der Waals surface area contributed by atoms with Gasteiger partial charge in [-0.05, 0) is 13.8 Å². The molecule has 2 unspecified atom stereocenters. The Kier molecular flexibility index (Phi) is 2.93. The summed E-state index contributed by atoms with van der Waals surface area (Å²) < 4.78 is 1.56. The Morgan fingerprint density at radius 3 is 2.69 bits per heavy atom. The van der Waals surface area contributed by atoms with Crippen molar-refractivity contribution in [3.05, 3.63) is 17.4 Å². The van der Waals surface area contributed by atoms with Crippen LogP contribution in [0.2, 0.25) is 5.02 Å². The third-order valence-corrected chi connectivity index (χ3v) is 2.30. The number of aromatic nitrogens is 2. The van der Waals surface area contributed by atoms with E-state index in [0.717, 1.165) is 0 Å². The fraction of sp³-hybridized carbons (Fsp3) is 0.500. The molecule has 5 heteroatoms. The molecule has 0 amide bonds. The first-order valence-corrected chi connectivity index (χ1v) is 4.32. The molecule has 0 fully saturated rings. The minimum Gasteiger partial charge on any atom is -0.481 e. The summed E-state index contributed by atoms with van der Waals surface area (Å²) in [6.45, 7) is 3.44. The van der Waals surface area contributed by atoms with Gasteiger partial charge in [0, 0.05) is 6.20 Å². The number of halogens is 1. The second-order valence-electron chi connectivity index (χ2n) is 3.01. The molecule has 0 aliphatic rings. The molecule has 0 bridgehead atoms. The highest BCUT2D eigenvalue weighted by atomic mass is 35.5. The highest BCUT2D eigenvalue weighted by Gasteiger charge is 2.21. The molecule has 4 nitrogen and oxygen atoms in total. The second kappa shape index (κ2) is 3.79. The van der Waals surface area contributed by atoms with Crippen molar-refractivity contribution in [2.75, 3.05) is 0 Å². The van der Waals surface area contributed by atoms with E-state index in [4.69, 9.17) is 16.7 Å². The quantitative estimate of drug-likeness (QED) is 0.814. The zero-order valence-corrected chi connectivity index (χ0v) is 8.19. The van der Waals surface area contributed by atoms with E-state index >= 15 is 0 Å². The molecule has 0 aromatic carbocycles. The van der Waals surface area contributed by atoms with Crippen LogP contribution in [-0.4, -0.2) is 20.9 Å². The van der Waals surface area contributed by atoms with Crippen LogP contribution in [0.15, 0.2) is 12.4 Å². The molecule has 0 radical (unpaired) electrons. The summed E-state index contributed by atoms with van der Waals surface area (Å²) in [4.78, 5) is 10.6. The zero-order valence-electron chi connectivity index (χ0n) is 7.44. The molecule has 0 saturated heterocycles. The summed E-state index contributed by atoms with van der Waals surface area (Å²) in [5.41, 5.74) is 0. The molecule has 72 valence electrons. The molecular weight excluding hydrogens is 192 g/mol. The van der Waals surface area contributed by atoms with Gasteiger partial charge >= 0.3 is 5.97 Å². The van der Waals surface area contributed by atoms with Crippen molar-refractivity contribution in [3.63, 3.8) is 0 Å². The molecule has 1 N–H and O–H groups in total. The van der Waals surface area contributed by atoms with Crippen LogP contribution in [-0.2, 0) is 4.79 Å². The maximum absolute atomic E-state index is 10.6. The van der Waals surface area contributed by atoms with Gasteiger partial charge in [-0.1, -0.05) is 11.6 Å². The average molecular weight is 203 g/mol. The minimum absolute atomic E-state index is 0.190. The molecule has 0 spiro atoms. The number of hydrogen-bond acceptors (Lipinski definition) is 2. The molecular formula is C8H11ClN2O2. The van der Waals surface area contributed by atoms with Crippen molar-refractivity contribution in [2.45, 2.75) is 19.9 Å². The normalized spacial score (nSPS) is 15.3. The standard InChI is InChI=1S/C8H11ClN2O2/c1-5(8(12)13)6(2)11-4-7(9)3-10-11/h3-6H,1-2H3,(H,12,13). The first kappa shape index (κ1) is 10.1. The first-order chi connectivity index (χ1) is 6.02. The molecule has 0 saturated carbocycles. The number of carboxylic acid groups (broad SMARTS) is 1. The van der Waals surface area contributed by atoms with Gasteiger partial charge in [0.25, 0.3) is 0 Å². The van der Waals surface area contributed by atoms with E-state index in [1.54, 1.807) is 24.7 Å². The van der Waals surface area contributed by atoms with Crippen molar-refractivity contribution in [1.82, 2.24) is 9.78 Å². The second-order valence-corrected chi connectivity index (χ2v) is 3.44. The van der Waals surface area contributed by atoms with Crippen LogP contribution in [0.1, 0.15) is 19.9 Å². The largest absolute Gasteiger partial charge is 0.481 e. The van der Waals surface area contributed by atoms with Gasteiger partial charge in [-0.15, -0.1) is 0 Å². The Hall–Kier alpha value is -1.03. The number of hydrogen-bond donors (Lipinski definition) is 1. The van der Waals surface area contributed by atoms with Gasteiger partial charge in [0.15, 0.2) is 0 Å². The molecule has 1 heterocycles. The third kappa shape index (κ3) is 2.21. The van der Waals surface area contributed by atoms with Crippen LogP contribution in [0.4, 0.5) is 0 Å². The van der Waals surface area contributed by atoms with Crippen LogP contribution in [0, 0.1) is 5.92 Å². The van der Waals surface area contributed by atoms with Crippen LogP contribution in [0.3, 0.4) is 0 Å². The molecule has 0 aliphatic heterocycles. The molecule has 1 rings (SSSR count). The number of carboxylic acids is 1. The maximum atomic E-state index is 10.6. The predicted molar refractivity (Wildman–Crippen MR) is 48.7 cm³/mol. The molecule has 1 aromatic heterocycles. The topological polar surface area (TPSA) is 55.1 Å². The highest BCUT2D eigenvalue weighted by molar-refractivity contribution is 6.30. The van der Waals surface area contributed by atoms with E-state index in [1.807, 2.05) is 0 Å². The summed E-state index contributed by atoms with van der Waals surface area (Å²) in [5.74, 6) is -1.31. The Morgan fingerprint density at radius 1 is 1.69 bits per heavy atom.